The molecule has 0 aliphatic carbocycles. The van der Waals surface area contributed by atoms with Crippen LogP contribution in [0.3, 0.4) is 0 Å². The third kappa shape index (κ3) is 60.8. The summed E-state index contributed by atoms with van der Waals surface area (Å²) in [5, 5.41) is 70.5. The fourth-order valence-corrected chi connectivity index (χ4v) is 9.60. The van der Waals surface area contributed by atoms with E-state index in [1.54, 1.807) is 0 Å². The van der Waals surface area contributed by atoms with Gasteiger partial charge in [0.2, 0.25) is 5.91 Å². The number of amides is 1. The Kier molecular flexibility index (Phi) is 59.3. The Labute approximate surface area is 520 Å². The molecular formula is C62H120NO23P. The summed E-state index contributed by atoms with van der Waals surface area (Å²) in [6, 6.07) is 0. The highest BCUT2D eigenvalue weighted by atomic mass is 31.2. The number of aliphatic hydroxyl groups excluding tert-OH is 7. The maximum Gasteiger partial charge on any atom is 0.472 e. The summed E-state index contributed by atoms with van der Waals surface area (Å²) in [6.07, 6.45) is 25.6. The first-order valence-corrected chi connectivity index (χ1v) is 34.5. The Morgan fingerprint density at radius 3 is 1.05 bits per heavy atom. The Hall–Kier alpha value is -2.49. The number of unbranched alkanes of at least 4 members (excludes halogenated alkanes) is 26. The Morgan fingerprint density at radius 2 is 0.678 bits per heavy atom. The predicted molar refractivity (Wildman–Crippen MR) is 327 cm³/mol. The smallest absolute Gasteiger partial charge is 0.463 e. The number of aliphatic hydroxyl groups is 7. The van der Waals surface area contributed by atoms with Crippen LogP contribution in [-0.4, -0.2) is 213 Å². The first-order valence-electron chi connectivity index (χ1n) is 33.0. The maximum atomic E-state index is 12.9. The molecule has 0 aromatic heterocycles. The fourth-order valence-electron chi connectivity index (χ4n) is 8.85. The van der Waals surface area contributed by atoms with E-state index in [0.29, 0.717) is 12.8 Å². The third-order valence-corrected chi connectivity index (χ3v) is 14.8. The summed E-state index contributed by atoms with van der Waals surface area (Å²) in [7, 11) is -4.71. The third-order valence-electron chi connectivity index (χ3n) is 13.8. The molecule has 0 spiro atoms. The topological polar surface area (TPSA) is 352 Å². The number of carbonyl (C=O) groups excluding carboxylic acids is 4. The van der Waals surface area contributed by atoms with E-state index < -0.39 is 101 Å². The van der Waals surface area contributed by atoms with Gasteiger partial charge in [0.25, 0.3) is 0 Å². The van der Waals surface area contributed by atoms with Crippen molar-refractivity contribution in [3.8, 4) is 0 Å². The van der Waals surface area contributed by atoms with E-state index in [2.05, 4.69) is 19.2 Å². The minimum absolute atomic E-state index is 0.0899. The van der Waals surface area contributed by atoms with Gasteiger partial charge in [-0.25, -0.2) is 4.57 Å². The number of ether oxygens (including phenoxy) is 8. The molecule has 0 rings (SSSR count). The standard InChI is InChI=1S/C62H120NO23P/c1-3-5-7-9-11-13-15-17-19-21-23-25-27-29-33-60(72)83-50-58(86-62(74)34-30-28-26-24-22-20-18-16-14-12-10-8-6-4-2)51-85-87(75,76)84-37-36-63-59(71)32-31-35-61(73)82-49-57(70)48-81-47-56(69)46-80-45-55(68)44-79-43-54(67)42-78-41-53(66)40-77-39-52(65)38-64/h52-58,64-70H,3-51H2,1-2H3,(H,63,71)(H,75,76). The highest BCUT2D eigenvalue weighted by molar-refractivity contribution is 7.47. The zero-order valence-electron chi connectivity index (χ0n) is 53.3. The second kappa shape index (κ2) is 61.0. The van der Waals surface area contributed by atoms with Gasteiger partial charge in [-0.05, 0) is 19.3 Å². The van der Waals surface area contributed by atoms with Crippen molar-refractivity contribution < 1.29 is 111 Å². The molecule has 24 nitrogen and oxygen atoms in total. The number of phosphoric acid groups is 1. The number of nitrogens with one attached hydrogen (secondary N) is 1. The average Bonchev–Trinajstić information content (AvgIpc) is 3.48. The summed E-state index contributed by atoms with van der Waals surface area (Å²) in [5.41, 5.74) is 0. The maximum absolute atomic E-state index is 12.9. The van der Waals surface area contributed by atoms with Crippen LogP contribution in [0.15, 0.2) is 0 Å². The van der Waals surface area contributed by atoms with Gasteiger partial charge in [0.15, 0.2) is 6.10 Å². The van der Waals surface area contributed by atoms with Crippen molar-refractivity contribution in [2.75, 3.05) is 106 Å². The van der Waals surface area contributed by atoms with Crippen LogP contribution in [0.4, 0.5) is 0 Å². The zero-order valence-corrected chi connectivity index (χ0v) is 54.2. The second-order valence-corrected chi connectivity index (χ2v) is 24.2. The van der Waals surface area contributed by atoms with Gasteiger partial charge in [-0.2, -0.15) is 0 Å². The summed E-state index contributed by atoms with van der Waals surface area (Å²) in [4.78, 5) is 60.6. The van der Waals surface area contributed by atoms with Gasteiger partial charge in [-0.1, -0.05) is 181 Å². The van der Waals surface area contributed by atoms with E-state index in [4.69, 9.17) is 52.0 Å². The number of hydrogen-bond donors (Lipinski definition) is 9. The summed E-state index contributed by atoms with van der Waals surface area (Å²) in [6.45, 7) is 0.134. The first kappa shape index (κ1) is 84.5. The number of carbonyl (C=O) groups is 4. The molecule has 8 unspecified atom stereocenters. The molecule has 0 radical (unpaired) electrons. The lowest BCUT2D eigenvalue weighted by atomic mass is 10.0. The Balaban J connectivity index is 4.48. The van der Waals surface area contributed by atoms with Crippen LogP contribution >= 0.6 is 7.82 Å². The van der Waals surface area contributed by atoms with Crippen LogP contribution in [0.5, 0.6) is 0 Å². The molecule has 0 saturated carbocycles. The van der Waals surface area contributed by atoms with Crippen LogP contribution in [0.2, 0.25) is 0 Å². The predicted octanol–water partition coefficient (Wildman–Crippen LogP) is 7.39. The van der Waals surface area contributed by atoms with E-state index in [1.807, 2.05) is 0 Å². The molecule has 0 bridgehead atoms. The highest BCUT2D eigenvalue weighted by Gasteiger charge is 2.26. The molecule has 0 saturated heterocycles. The fraction of sp³-hybridized carbons (Fsp3) is 0.935. The molecular weight excluding hydrogens is 1160 g/mol. The van der Waals surface area contributed by atoms with Gasteiger partial charge >= 0.3 is 25.7 Å². The van der Waals surface area contributed by atoms with Gasteiger partial charge in [-0.3, -0.25) is 28.2 Å². The van der Waals surface area contributed by atoms with E-state index in [9.17, 15) is 59.3 Å². The summed E-state index contributed by atoms with van der Waals surface area (Å²) in [5.74, 6) is -2.15. The van der Waals surface area contributed by atoms with Crippen molar-refractivity contribution in [3.63, 3.8) is 0 Å². The van der Waals surface area contributed by atoms with Crippen molar-refractivity contribution in [1.82, 2.24) is 5.32 Å². The van der Waals surface area contributed by atoms with Crippen molar-refractivity contribution in [2.45, 2.75) is 268 Å². The van der Waals surface area contributed by atoms with Gasteiger partial charge in [-0.15, -0.1) is 0 Å². The molecule has 9 N–H and O–H groups in total. The highest BCUT2D eigenvalue weighted by Crippen LogP contribution is 2.43. The van der Waals surface area contributed by atoms with Gasteiger partial charge in [0.05, 0.1) is 85.9 Å². The number of phosphoric ester groups is 1. The summed E-state index contributed by atoms with van der Waals surface area (Å²) < 4.78 is 64.9. The zero-order chi connectivity index (χ0) is 64.3. The molecule has 25 heteroatoms. The van der Waals surface area contributed by atoms with Crippen molar-refractivity contribution in [3.05, 3.63) is 0 Å². The molecule has 8 atom stereocenters. The van der Waals surface area contributed by atoms with Crippen LogP contribution in [-0.2, 0) is 70.7 Å². The van der Waals surface area contributed by atoms with E-state index in [1.165, 1.54) is 128 Å². The molecule has 516 valence electrons. The normalized spacial score (nSPS) is 14.8. The van der Waals surface area contributed by atoms with Crippen molar-refractivity contribution in [2.24, 2.45) is 0 Å². The van der Waals surface area contributed by atoms with Crippen molar-refractivity contribution >= 4 is 31.6 Å². The second-order valence-electron chi connectivity index (χ2n) is 22.8. The minimum atomic E-state index is -4.71. The SMILES string of the molecule is CCCCCCCCCCCCCCCCC(=O)OCC(COP(=O)(O)OCCNC(=O)CCCC(=O)OCC(O)COCC(O)COCC(O)COCC(O)COCC(O)COCC(O)CO)OC(=O)CCCCCCCCCCCCCCCC. The molecule has 0 aliphatic heterocycles. The van der Waals surface area contributed by atoms with Crippen LogP contribution < -0.4 is 5.32 Å². The number of esters is 3. The molecule has 0 heterocycles. The lowest BCUT2D eigenvalue weighted by Crippen LogP contribution is -2.31. The van der Waals surface area contributed by atoms with E-state index in [-0.39, 0.29) is 111 Å². The van der Waals surface area contributed by atoms with Gasteiger partial charge in [0.1, 0.15) is 49.8 Å². The minimum Gasteiger partial charge on any atom is -0.463 e. The average molecular weight is 1280 g/mol. The number of rotatable bonds is 67. The molecule has 0 aromatic carbocycles. The molecule has 0 aliphatic rings. The molecule has 0 aromatic rings. The van der Waals surface area contributed by atoms with Gasteiger partial charge in [0, 0.05) is 32.2 Å². The van der Waals surface area contributed by atoms with E-state index >= 15 is 0 Å². The molecule has 0 fully saturated rings. The van der Waals surface area contributed by atoms with E-state index in [0.717, 1.165) is 38.5 Å². The van der Waals surface area contributed by atoms with Gasteiger partial charge < -0.3 is 83.9 Å². The van der Waals surface area contributed by atoms with Crippen LogP contribution in [0.25, 0.3) is 0 Å². The molecule has 87 heavy (non-hydrogen) atoms. The largest absolute Gasteiger partial charge is 0.472 e. The Morgan fingerprint density at radius 1 is 0.368 bits per heavy atom. The Bertz CT molecular complexity index is 1640. The first-order chi connectivity index (χ1) is 42.0. The van der Waals surface area contributed by atoms with Crippen molar-refractivity contribution in [1.29, 1.82) is 0 Å². The quantitative estimate of drug-likeness (QED) is 0.0124. The lowest BCUT2D eigenvalue weighted by molar-refractivity contribution is -0.161. The lowest BCUT2D eigenvalue weighted by Gasteiger charge is -2.20. The molecule has 1 amide bonds. The van der Waals surface area contributed by atoms with Crippen LogP contribution in [0, 0.1) is 0 Å². The summed E-state index contributed by atoms with van der Waals surface area (Å²) >= 11 is 0. The monoisotopic (exact) mass is 1280 g/mol. The number of hydrogen-bond acceptors (Lipinski definition) is 22. The van der Waals surface area contributed by atoms with Crippen LogP contribution in [0.1, 0.15) is 226 Å².